The van der Waals surface area contributed by atoms with Crippen LogP contribution in [-0.4, -0.2) is 83.9 Å². The van der Waals surface area contributed by atoms with Crippen LogP contribution in [0.4, 0.5) is 0 Å². The van der Waals surface area contributed by atoms with E-state index in [1.807, 2.05) is 48.8 Å². The number of benzene rings is 2. The van der Waals surface area contributed by atoms with Gasteiger partial charge >= 0.3 is 0 Å². The number of ether oxygens (including phenoxy) is 1. The molecule has 2 aromatic heterocycles. The molecule has 0 radical (unpaired) electrons. The van der Waals surface area contributed by atoms with Gasteiger partial charge in [0.25, 0.3) is 21.9 Å². The number of aromatic nitrogens is 2. The summed E-state index contributed by atoms with van der Waals surface area (Å²) in [7, 11) is 0.459. The number of para-hydroxylation sites is 2. The van der Waals surface area contributed by atoms with Crippen LogP contribution in [0.3, 0.4) is 0 Å². The molecule has 4 heterocycles. The van der Waals surface area contributed by atoms with Gasteiger partial charge in [-0.25, -0.2) is 0 Å². The smallest absolute Gasteiger partial charge is 0.261 e. The zero-order valence-corrected chi connectivity index (χ0v) is 23.9. The van der Waals surface area contributed by atoms with Gasteiger partial charge in [-0.2, -0.15) is 8.42 Å². The third-order valence-corrected chi connectivity index (χ3v) is 6.99. The van der Waals surface area contributed by atoms with Crippen molar-refractivity contribution in [1.29, 1.82) is 0 Å². The number of hydrogen-bond donors (Lipinski definition) is 2. The lowest BCUT2D eigenvalue weighted by molar-refractivity contribution is -0.122. The van der Waals surface area contributed by atoms with Gasteiger partial charge in [-0.15, -0.1) is 0 Å². The normalized spacial score (nSPS) is 17.5. The number of carbonyl (C=O) groups excluding carboxylic acids is 2. The van der Waals surface area contributed by atoms with E-state index in [2.05, 4.69) is 45.6 Å². The number of nitrogens with one attached hydrogen (secondary N) is 1. The topological polar surface area (TPSA) is 154 Å². The fourth-order valence-electron chi connectivity index (χ4n) is 5.47. The van der Waals surface area contributed by atoms with Crippen LogP contribution in [0.15, 0.2) is 60.9 Å². The van der Waals surface area contributed by atoms with Crippen molar-refractivity contribution in [2.75, 3.05) is 33.5 Å². The van der Waals surface area contributed by atoms with Crippen LogP contribution < -0.4 is 5.32 Å². The molecule has 2 aliphatic rings. The number of fused-ring (bicyclic) bond motifs is 12. The van der Waals surface area contributed by atoms with Crippen molar-refractivity contribution in [3.63, 3.8) is 0 Å². The van der Waals surface area contributed by atoms with Crippen molar-refractivity contribution in [3.8, 4) is 0 Å². The zero-order chi connectivity index (χ0) is 28.6. The summed E-state index contributed by atoms with van der Waals surface area (Å²) in [6.07, 6.45) is 5.64. The molecule has 2 aliphatic heterocycles. The predicted octanol–water partition coefficient (Wildman–Crippen LogP) is 2.19. The van der Waals surface area contributed by atoms with Crippen LogP contribution >= 0.6 is 0 Å². The van der Waals surface area contributed by atoms with E-state index in [0.29, 0.717) is 30.6 Å². The number of likely N-dealkylation sites (N-methyl/N-ethyl adjacent to an activating group) is 1. The molecule has 1 unspecified atom stereocenters. The SMILES string of the molecule is CN(C)CC1CCn2cc(c3ccccc32)C2=C(C(=O)NC2=O)c2cn(c3ccccc23)CCO1.CS(=O)(=O)O.O. The summed E-state index contributed by atoms with van der Waals surface area (Å²) in [4.78, 5) is 28.5. The largest absolute Gasteiger partial charge is 0.412 e. The average Bonchev–Trinajstić information content (AvgIpc) is 3.51. The number of carbonyl (C=O) groups is 2. The number of aryl methyl sites for hydroxylation is 1. The molecule has 4 N–H and O–H groups in total. The van der Waals surface area contributed by atoms with Crippen LogP contribution in [0.1, 0.15) is 17.5 Å². The van der Waals surface area contributed by atoms with E-state index >= 15 is 0 Å². The molecular weight excluding hydrogens is 548 g/mol. The van der Waals surface area contributed by atoms with E-state index < -0.39 is 10.1 Å². The molecule has 0 spiro atoms. The Bertz CT molecular complexity index is 1740. The lowest BCUT2D eigenvalue weighted by Crippen LogP contribution is -2.30. The van der Waals surface area contributed by atoms with E-state index in [1.165, 1.54) is 0 Å². The molecule has 6 rings (SSSR count). The lowest BCUT2D eigenvalue weighted by Gasteiger charge is -2.22. The summed E-state index contributed by atoms with van der Waals surface area (Å²) in [5.74, 6) is -0.690. The van der Waals surface area contributed by atoms with Crippen molar-refractivity contribution < 1.29 is 32.8 Å². The maximum absolute atomic E-state index is 13.2. The van der Waals surface area contributed by atoms with Gasteiger partial charge < -0.3 is 24.2 Å². The molecule has 2 amide bonds. The average molecular weight is 583 g/mol. The predicted molar refractivity (Wildman–Crippen MR) is 158 cm³/mol. The molecule has 4 bridgehead atoms. The van der Waals surface area contributed by atoms with Crippen molar-refractivity contribution in [3.05, 3.63) is 72.1 Å². The number of amides is 2. The second-order valence-electron chi connectivity index (χ2n) is 10.3. The van der Waals surface area contributed by atoms with Crippen molar-refractivity contribution in [2.24, 2.45) is 0 Å². The molecular formula is C29H34N4O7S. The summed E-state index contributed by atoms with van der Waals surface area (Å²) < 4.78 is 36.6. The highest BCUT2D eigenvalue weighted by Gasteiger charge is 2.35. The molecule has 0 saturated carbocycles. The van der Waals surface area contributed by atoms with Crippen molar-refractivity contribution >= 4 is 54.9 Å². The molecule has 4 aromatic rings. The first-order valence-electron chi connectivity index (χ1n) is 13.0. The van der Waals surface area contributed by atoms with Gasteiger partial charge in [0, 0.05) is 65.0 Å². The Balaban J connectivity index is 0.000000596. The van der Waals surface area contributed by atoms with Crippen molar-refractivity contribution in [1.82, 2.24) is 19.4 Å². The molecule has 0 saturated heterocycles. The number of hydrogen-bond acceptors (Lipinski definition) is 6. The molecule has 41 heavy (non-hydrogen) atoms. The second-order valence-corrected chi connectivity index (χ2v) is 11.8. The quantitative estimate of drug-likeness (QED) is 0.271. The first-order chi connectivity index (χ1) is 19.0. The van der Waals surface area contributed by atoms with E-state index in [4.69, 9.17) is 9.29 Å². The Kier molecular flexibility index (Phi) is 8.80. The maximum Gasteiger partial charge on any atom is 0.261 e. The molecule has 2 aromatic carbocycles. The minimum atomic E-state index is -3.67. The number of imide groups is 1. The monoisotopic (exact) mass is 582 g/mol. The zero-order valence-electron chi connectivity index (χ0n) is 23.1. The molecule has 1 atom stereocenters. The van der Waals surface area contributed by atoms with Crippen LogP contribution in [0.25, 0.3) is 33.0 Å². The van der Waals surface area contributed by atoms with Gasteiger partial charge in [0.15, 0.2) is 0 Å². The van der Waals surface area contributed by atoms with Crippen LogP contribution in [0.5, 0.6) is 0 Å². The Hall–Kier alpha value is -3.81. The Morgan fingerprint density at radius 3 is 1.85 bits per heavy atom. The third kappa shape index (κ3) is 6.42. The standard InChI is InChI=1S/C28H28N4O3.CH4O3S.H2O/c1-30(2)15-18-11-12-31-16-21(19-7-3-5-9-23(19)31)25-26(28(34)29-27(25)33)22-17-32(13-14-35-18)24-10-6-4-8-20(22)24;1-5(2,3)4;/h3-10,16-18H,11-15H2,1-2H3,(H,29,33,34);1H3,(H,2,3,4);1H2. The van der Waals surface area contributed by atoms with Gasteiger partial charge in [0.2, 0.25) is 0 Å². The second kappa shape index (κ2) is 12.0. The van der Waals surface area contributed by atoms with Gasteiger partial charge in [0.1, 0.15) is 0 Å². The highest BCUT2D eigenvalue weighted by molar-refractivity contribution is 7.85. The minimum absolute atomic E-state index is 0. The summed E-state index contributed by atoms with van der Waals surface area (Å²) in [5.41, 5.74) is 4.52. The Morgan fingerprint density at radius 1 is 0.902 bits per heavy atom. The van der Waals surface area contributed by atoms with E-state index in [1.54, 1.807) is 0 Å². The molecule has 12 heteroatoms. The number of rotatable bonds is 2. The number of nitrogens with zero attached hydrogens (tertiary/aromatic N) is 3. The van der Waals surface area contributed by atoms with E-state index in [-0.39, 0.29) is 23.4 Å². The van der Waals surface area contributed by atoms with Crippen molar-refractivity contribution in [2.45, 2.75) is 25.6 Å². The van der Waals surface area contributed by atoms with E-state index in [0.717, 1.165) is 52.4 Å². The Morgan fingerprint density at radius 2 is 1.37 bits per heavy atom. The maximum atomic E-state index is 13.2. The first-order valence-corrected chi connectivity index (χ1v) is 14.8. The lowest BCUT2D eigenvalue weighted by atomic mass is 9.95. The van der Waals surface area contributed by atoms with Crippen LogP contribution in [0, 0.1) is 0 Å². The van der Waals surface area contributed by atoms with E-state index in [9.17, 15) is 18.0 Å². The Labute approximate surface area is 238 Å². The van der Waals surface area contributed by atoms with Gasteiger partial charge in [-0.3, -0.25) is 19.5 Å². The fourth-order valence-corrected chi connectivity index (χ4v) is 5.47. The fraction of sp³-hybridized carbons (Fsp3) is 0.310. The first kappa shape index (κ1) is 30.2. The summed E-state index contributed by atoms with van der Waals surface area (Å²) in [6.45, 7) is 2.81. The van der Waals surface area contributed by atoms with Crippen LogP contribution in [0.2, 0.25) is 0 Å². The molecule has 0 aliphatic carbocycles. The summed E-state index contributed by atoms with van der Waals surface area (Å²) in [5, 5.41) is 4.48. The third-order valence-electron chi connectivity index (χ3n) is 6.99. The summed E-state index contributed by atoms with van der Waals surface area (Å²) >= 11 is 0. The highest BCUT2D eigenvalue weighted by atomic mass is 32.2. The molecule has 218 valence electrons. The minimum Gasteiger partial charge on any atom is -0.412 e. The molecule has 0 fully saturated rings. The van der Waals surface area contributed by atoms with Gasteiger partial charge in [-0.05, 0) is 32.6 Å². The molecule has 11 nitrogen and oxygen atoms in total. The highest BCUT2D eigenvalue weighted by Crippen LogP contribution is 2.39. The van der Waals surface area contributed by atoms with Crippen LogP contribution in [-0.2, 0) is 37.5 Å². The van der Waals surface area contributed by atoms with Gasteiger partial charge in [0.05, 0.1) is 30.1 Å². The van der Waals surface area contributed by atoms with Gasteiger partial charge in [-0.1, -0.05) is 36.4 Å². The summed E-state index contributed by atoms with van der Waals surface area (Å²) in [6, 6.07) is 16.1.